The van der Waals surface area contributed by atoms with Crippen LogP contribution in [0.25, 0.3) is 0 Å². The summed E-state index contributed by atoms with van der Waals surface area (Å²) in [5.74, 6) is -1.29. The second-order valence-corrected chi connectivity index (χ2v) is 7.93. The summed E-state index contributed by atoms with van der Waals surface area (Å²) in [5, 5.41) is 11.7. The molecule has 0 heterocycles. The topological polar surface area (TPSA) is 66.4 Å². The maximum Gasteiger partial charge on any atom is 0.417 e. The number of rotatable bonds is 4. The van der Waals surface area contributed by atoms with Gasteiger partial charge >= 0.3 is 6.18 Å². The van der Waals surface area contributed by atoms with Crippen molar-refractivity contribution < 1.29 is 27.9 Å². The average molecular weight is 325 g/mol. The largest absolute Gasteiger partial charge is 0.417 e. The van der Waals surface area contributed by atoms with Crippen molar-refractivity contribution in [3.63, 3.8) is 0 Å². The second-order valence-electron chi connectivity index (χ2n) is 7.93. The molecule has 0 radical (unpaired) electrons. The molecule has 130 valence electrons. The minimum Gasteiger partial charge on any atom is -0.380 e. The standard InChI is InChI=1S/C15H26F3NO3/c1-12(2,3)10(11(21)13(4,5)6)19-9(20)8-14(7,22)15(16,17)18/h10,22H,8H2,1-7H3,(H,19,20). The predicted octanol–water partition coefficient (Wildman–Crippen LogP) is 2.84. The first-order valence-electron chi connectivity index (χ1n) is 7.02. The van der Waals surface area contributed by atoms with Gasteiger partial charge in [-0.25, -0.2) is 0 Å². The van der Waals surface area contributed by atoms with Crippen LogP contribution in [0, 0.1) is 10.8 Å². The molecule has 0 saturated carbocycles. The molecule has 0 aliphatic heterocycles. The summed E-state index contributed by atoms with van der Waals surface area (Å²) in [4.78, 5) is 24.3. The lowest BCUT2D eigenvalue weighted by Gasteiger charge is -2.35. The van der Waals surface area contributed by atoms with E-state index < -0.39 is 41.0 Å². The number of carbonyl (C=O) groups is 2. The van der Waals surface area contributed by atoms with E-state index in [1.807, 2.05) is 0 Å². The van der Waals surface area contributed by atoms with Crippen LogP contribution in [0.5, 0.6) is 0 Å². The van der Waals surface area contributed by atoms with E-state index in [2.05, 4.69) is 5.32 Å². The second kappa shape index (κ2) is 6.18. The Morgan fingerprint density at radius 2 is 1.41 bits per heavy atom. The summed E-state index contributed by atoms with van der Waals surface area (Å²) in [6, 6.07) is -0.941. The zero-order chi connectivity index (χ0) is 18.1. The van der Waals surface area contributed by atoms with E-state index in [0.29, 0.717) is 6.92 Å². The van der Waals surface area contributed by atoms with Crippen molar-refractivity contribution in [1.29, 1.82) is 0 Å². The van der Waals surface area contributed by atoms with Crippen molar-refractivity contribution in [1.82, 2.24) is 5.32 Å². The van der Waals surface area contributed by atoms with E-state index >= 15 is 0 Å². The molecule has 2 unspecified atom stereocenters. The van der Waals surface area contributed by atoms with Crippen LogP contribution < -0.4 is 5.32 Å². The molecule has 0 spiro atoms. The Morgan fingerprint density at radius 3 is 1.68 bits per heavy atom. The fraction of sp³-hybridized carbons (Fsp3) is 0.867. The van der Waals surface area contributed by atoms with Crippen LogP contribution in [0.15, 0.2) is 0 Å². The third-order valence-corrected chi connectivity index (χ3v) is 3.29. The van der Waals surface area contributed by atoms with Crippen LogP contribution in [0.4, 0.5) is 13.2 Å². The minimum atomic E-state index is -4.92. The number of carbonyl (C=O) groups excluding carboxylic acids is 2. The van der Waals surface area contributed by atoms with Gasteiger partial charge in [-0.15, -0.1) is 0 Å². The average Bonchev–Trinajstić information content (AvgIpc) is 2.19. The number of hydrogen-bond acceptors (Lipinski definition) is 3. The molecular weight excluding hydrogens is 299 g/mol. The Hall–Kier alpha value is -1.11. The molecule has 1 amide bonds. The van der Waals surface area contributed by atoms with Crippen LogP contribution in [-0.4, -0.2) is 34.6 Å². The molecule has 0 bridgehead atoms. The van der Waals surface area contributed by atoms with Crippen LogP contribution in [0.2, 0.25) is 0 Å². The highest BCUT2D eigenvalue weighted by atomic mass is 19.4. The van der Waals surface area contributed by atoms with Gasteiger partial charge < -0.3 is 10.4 Å². The maximum atomic E-state index is 12.6. The third-order valence-electron chi connectivity index (χ3n) is 3.29. The Kier molecular flexibility index (Phi) is 5.87. The lowest BCUT2D eigenvalue weighted by atomic mass is 9.75. The molecule has 7 heteroatoms. The number of amides is 1. The van der Waals surface area contributed by atoms with Gasteiger partial charge in [0.05, 0.1) is 12.5 Å². The summed E-state index contributed by atoms with van der Waals surface area (Å²) in [6.07, 6.45) is -6.07. The van der Waals surface area contributed by atoms with Gasteiger partial charge in [0.15, 0.2) is 11.4 Å². The summed E-state index contributed by atoms with van der Waals surface area (Å²) in [6.45, 7) is 10.7. The van der Waals surface area contributed by atoms with E-state index in [1.54, 1.807) is 41.5 Å². The van der Waals surface area contributed by atoms with Crippen molar-refractivity contribution in [2.24, 2.45) is 10.8 Å². The first-order chi connectivity index (χ1) is 9.39. The quantitative estimate of drug-likeness (QED) is 0.835. The van der Waals surface area contributed by atoms with Gasteiger partial charge in [0.25, 0.3) is 0 Å². The summed E-state index contributed by atoms with van der Waals surface area (Å²) in [7, 11) is 0. The Labute approximate surface area is 129 Å². The van der Waals surface area contributed by atoms with E-state index in [1.165, 1.54) is 0 Å². The van der Waals surface area contributed by atoms with Crippen molar-refractivity contribution in [3.8, 4) is 0 Å². The molecule has 4 nitrogen and oxygen atoms in total. The van der Waals surface area contributed by atoms with E-state index in [0.717, 1.165) is 0 Å². The molecular formula is C15H26F3NO3. The highest BCUT2D eigenvalue weighted by molar-refractivity contribution is 5.93. The molecule has 0 aromatic rings. The van der Waals surface area contributed by atoms with Gasteiger partial charge in [-0.3, -0.25) is 9.59 Å². The molecule has 22 heavy (non-hydrogen) atoms. The molecule has 2 N–H and O–H groups in total. The Bertz CT molecular complexity index is 429. The smallest absolute Gasteiger partial charge is 0.380 e. The SMILES string of the molecule is CC(C)(C)C(=O)C(NC(=O)CC(C)(O)C(F)(F)F)C(C)(C)C. The first kappa shape index (κ1) is 20.9. The number of alkyl halides is 3. The van der Waals surface area contributed by atoms with Crippen molar-refractivity contribution >= 4 is 11.7 Å². The fourth-order valence-corrected chi connectivity index (χ4v) is 1.73. The molecule has 0 fully saturated rings. The molecule has 0 aliphatic rings. The zero-order valence-corrected chi connectivity index (χ0v) is 14.2. The van der Waals surface area contributed by atoms with Crippen molar-refractivity contribution in [3.05, 3.63) is 0 Å². The molecule has 0 aromatic heterocycles. The summed E-state index contributed by atoms with van der Waals surface area (Å²) < 4.78 is 37.8. The van der Waals surface area contributed by atoms with Crippen LogP contribution in [0.1, 0.15) is 54.9 Å². The number of hydrogen-bond donors (Lipinski definition) is 2. The van der Waals surface area contributed by atoms with Gasteiger partial charge in [-0.2, -0.15) is 13.2 Å². The fourth-order valence-electron chi connectivity index (χ4n) is 1.73. The zero-order valence-electron chi connectivity index (χ0n) is 14.2. The molecule has 0 aliphatic carbocycles. The van der Waals surface area contributed by atoms with Gasteiger partial charge in [-0.1, -0.05) is 41.5 Å². The number of Topliss-reactive ketones (excluding diaryl/α,β-unsaturated/α-hetero) is 1. The van der Waals surface area contributed by atoms with Gasteiger partial charge in [0, 0.05) is 5.41 Å². The van der Waals surface area contributed by atoms with Gasteiger partial charge in [-0.05, 0) is 12.3 Å². The number of nitrogens with one attached hydrogen (secondary N) is 1. The van der Waals surface area contributed by atoms with Crippen molar-refractivity contribution in [2.45, 2.75) is 72.7 Å². The van der Waals surface area contributed by atoms with Gasteiger partial charge in [0.1, 0.15) is 0 Å². The van der Waals surface area contributed by atoms with E-state index in [-0.39, 0.29) is 5.78 Å². The molecule has 2 atom stereocenters. The van der Waals surface area contributed by atoms with Crippen LogP contribution >= 0.6 is 0 Å². The highest BCUT2D eigenvalue weighted by Gasteiger charge is 2.51. The predicted molar refractivity (Wildman–Crippen MR) is 77.1 cm³/mol. The normalized spacial score (nSPS) is 17.6. The molecule has 0 saturated heterocycles. The van der Waals surface area contributed by atoms with Crippen molar-refractivity contribution in [2.75, 3.05) is 0 Å². The van der Waals surface area contributed by atoms with Gasteiger partial charge in [0.2, 0.25) is 5.91 Å². The number of halogens is 3. The molecule has 0 aromatic carbocycles. The Morgan fingerprint density at radius 1 is 1.00 bits per heavy atom. The lowest BCUT2D eigenvalue weighted by Crippen LogP contribution is -2.55. The maximum absolute atomic E-state index is 12.6. The van der Waals surface area contributed by atoms with E-state index in [9.17, 15) is 27.9 Å². The highest BCUT2D eigenvalue weighted by Crippen LogP contribution is 2.33. The lowest BCUT2D eigenvalue weighted by molar-refractivity contribution is -0.253. The van der Waals surface area contributed by atoms with Crippen LogP contribution in [-0.2, 0) is 9.59 Å². The van der Waals surface area contributed by atoms with E-state index in [4.69, 9.17) is 0 Å². The monoisotopic (exact) mass is 325 g/mol. The summed E-state index contributed by atoms with van der Waals surface area (Å²) >= 11 is 0. The summed E-state index contributed by atoms with van der Waals surface area (Å²) in [5.41, 5.74) is -4.55. The third kappa shape index (κ3) is 5.59. The van der Waals surface area contributed by atoms with Crippen LogP contribution in [0.3, 0.4) is 0 Å². The minimum absolute atomic E-state index is 0.278. The first-order valence-corrected chi connectivity index (χ1v) is 7.02. The molecule has 0 rings (SSSR count). The number of ketones is 1. The Balaban J connectivity index is 5.22. The number of aliphatic hydroxyl groups is 1.